The van der Waals surface area contributed by atoms with Gasteiger partial charge in [0.05, 0.1) is 22.6 Å². The minimum atomic E-state index is -0.174. The number of amides is 2. The summed E-state index contributed by atoms with van der Waals surface area (Å²) in [4.78, 5) is 26.8. The number of likely N-dealkylation sites (tertiary alicyclic amines) is 1. The van der Waals surface area contributed by atoms with Crippen molar-refractivity contribution in [2.75, 3.05) is 18.4 Å². The first-order valence-electron chi connectivity index (χ1n) is 8.33. The lowest BCUT2D eigenvalue weighted by Crippen LogP contribution is -2.37. The second-order valence-electron chi connectivity index (χ2n) is 6.10. The van der Waals surface area contributed by atoms with Crippen LogP contribution in [0.5, 0.6) is 0 Å². The number of hydrogen-bond donors (Lipinski definition) is 1. The van der Waals surface area contributed by atoms with Crippen molar-refractivity contribution in [2.45, 2.75) is 32.2 Å². The van der Waals surface area contributed by atoms with Crippen LogP contribution in [0, 0.1) is 0 Å². The van der Waals surface area contributed by atoms with Gasteiger partial charge in [-0.2, -0.15) is 10.2 Å². The highest BCUT2D eigenvalue weighted by atomic mass is 79.9. The largest absolute Gasteiger partial charge is 0.337 e. The molecule has 0 radical (unpaired) electrons. The lowest BCUT2D eigenvalue weighted by atomic mass is 10.1. The number of carbonyl (C=O) groups excluding carboxylic acids is 2. The van der Waals surface area contributed by atoms with Crippen molar-refractivity contribution in [2.24, 2.45) is 7.05 Å². The highest BCUT2D eigenvalue weighted by Crippen LogP contribution is 2.19. The Morgan fingerprint density at radius 1 is 1.20 bits per heavy atom. The normalized spacial score (nSPS) is 14.6. The minimum Gasteiger partial charge on any atom is -0.337 e. The van der Waals surface area contributed by atoms with Gasteiger partial charge in [0.25, 0.3) is 5.91 Å². The first-order valence-corrected chi connectivity index (χ1v) is 9.13. The average Bonchev–Trinajstić information content (AvgIpc) is 3.19. The van der Waals surface area contributed by atoms with Crippen molar-refractivity contribution < 1.29 is 9.59 Å². The Labute approximate surface area is 154 Å². The van der Waals surface area contributed by atoms with Crippen molar-refractivity contribution in [3.8, 4) is 0 Å². The number of nitrogens with zero attached hydrogens (tertiary/aromatic N) is 5. The van der Waals surface area contributed by atoms with Gasteiger partial charge in [-0.3, -0.25) is 19.0 Å². The number of carbonyl (C=O) groups is 2. The molecule has 1 aliphatic heterocycles. The molecule has 3 heterocycles. The summed E-state index contributed by atoms with van der Waals surface area (Å²) in [5.41, 5.74) is 0.891. The standard InChI is InChI=1S/C16H21BrN6O2/c1-21-15(16(25)22-6-3-2-4-7-22)13(10-18-21)20-14(24)5-8-23-11-12(17)9-19-23/h9-11H,2-8H2,1H3,(H,20,24). The summed E-state index contributed by atoms with van der Waals surface area (Å²) in [7, 11) is 1.72. The molecule has 25 heavy (non-hydrogen) atoms. The summed E-state index contributed by atoms with van der Waals surface area (Å²) < 4.78 is 4.08. The molecule has 134 valence electrons. The summed E-state index contributed by atoms with van der Waals surface area (Å²) in [5.74, 6) is -0.252. The number of aryl methyl sites for hydroxylation is 2. The Morgan fingerprint density at radius 2 is 1.96 bits per heavy atom. The van der Waals surface area contributed by atoms with Crippen LogP contribution >= 0.6 is 15.9 Å². The van der Waals surface area contributed by atoms with E-state index in [4.69, 9.17) is 0 Å². The summed E-state index contributed by atoms with van der Waals surface area (Å²) in [6.07, 6.45) is 8.47. The molecule has 9 heteroatoms. The van der Waals surface area contributed by atoms with E-state index in [1.165, 1.54) is 10.9 Å². The Kier molecular flexibility index (Phi) is 5.52. The maximum atomic E-state index is 12.8. The minimum absolute atomic E-state index is 0.0778. The zero-order valence-corrected chi connectivity index (χ0v) is 15.7. The topological polar surface area (TPSA) is 85.0 Å². The number of nitrogens with one attached hydrogen (secondary N) is 1. The van der Waals surface area contributed by atoms with Gasteiger partial charge in [0.1, 0.15) is 5.69 Å². The van der Waals surface area contributed by atoms with Crippen LogP contribution in [-0.2, 0) is 18.4 Å². The molecule has 0 saturated carbocycles. The van der Waals surface area contributed by atoms with E-state index in [1.807, 2.05) is 11.1 Å². The molecule has 2 aromatic rings. The predicted octanol–water partition coefficient (Wildman–Crippen LogP) is 2.03. The first-order chi connectivity index (χ1) is 12.0. The lowest BCUT2D eigenvalue weighted by Gasteiger charge is -2.27. The van der Waals surface area contributed by atoms with Gasteiger partial charge in [0, 0.05) is 39.3 Å². The van der Waals surface area contributed by atoms with Gasteiger partial charge in [-0.1, -0.05) is 0 Å². The molecule has 0 aliphatic carbocycles. The number of rotatable bonds is 5. The molecule has 2 amide bonds. The van der Waals surface area contributed by atoms with Crippen molar-refractivity contribution in [3.05, 3.63) is 28.8 Å². The van der Waals surface area contributed by atoms with E-state index in [0.29, 0.717) is 17.9 Å². The number of halogens is 1. The average molecular weight is 409 g/mol. The van der Waals surface area contributed by atoms with Crippen LogP contribution in [0.4, 0.5) is 5.69 Å². The van der Waals surface area contributed by atoms with Gasteiger partial charge < -0.3 is 10.2 Å². The van der Waals surface area contributed by atoms with Crippen molar-refractivity contribution in [1.29, 1.82) is 0 Å². The van der Waals surface area contributed by atoms with Crippen LogP contribution in [0.1, 0.15) is 36.2 Å². The zero-order chi connectivity index (χ0) is 17.8. The highest BCUT2D eigenvalue weighted by molar-refractivity contribution is 9.10. The quantitative estimate of drug-likeness (QED) is 0.819. The SMILES string of the molecule is Cn1ncc(NC(=O)CCn2cc(Br)cn2)c1C(=O)N1CCCCC1. The summed E-state index contributed by atoms with van der Waals surface area (Å²) >= 11 is 3.32. The summed E-state index contributed by atoms with van der Waals surface area (Å²) in [6.45, 7) is 1.98. The van der Waals surface area contributed by atoms with E-state index in [1.54, 1.807) is 17.9 Å². The fourth-order valence-corrected chi connectivity index (χ4v) is 3.25. The maximum Gasteiger partial charge on any atom is 0.274 e. The molecule has 0 aromatic carbocycles. The Bertz CT molecular complexity index is 763. The molecular weight excluding hydrogens is 388 g/mol. The van der Waals surface area contributed by atoms with Crippen molar-refractivity contribution in [1.82, 2.24) is 24.5 Å². The third-order valence-electron chi connectivity index (χ3n) is 4.23. The molecule has 1 aliphatic rings. The molecule has 0 spiro atoms. The van der Waals surface area contributed by atoms with Gasteiger partial charge in [-0.05, 0) is 35.2 Å². The first kappa shape index (κ1) is 17.7. The van der Waals surface area contributed by atoms with Crippen molar-refractivity contribution in [3.63, 3.8) is 0 Å². The molecule has 3 rings (SSSR count). The summed E-state index contributed by atoms with van der Waals surface area (Å²) in [6, 6.07) is 0. The number of aromatic nitrogens is 4. The van der Waals surface area contributed by atoms with Crippen molar-refractivity contribution >= 4 is 33.4 Å². The second-order valence-corrected chi connectivity index (χ2v) is 7.02. The number of anilines is 1. The van der Waals surface area contributed by atoms with Crippen LogP contribution in [0.2, 0.25) is 0 Å². The van der Waals surface area contributed by atoms with Gasteiger partial charge in [-0.15, -0.1) is 0 Å². The molecule has 1 fully saturated rings. The monoisotopic (exact) mass is 408 g/mol. The molecule has 0 atom stereocenters. The van der Waals surface area contributed by atoms with Crippen LogP contribution in [0.3, 0.4) is 0 Å². The van der Waals surface area contributed by atoms with E-state index in [9.17, 15) is 9.59 Å². The molecule has 0 unspecified atom stereocenters. The van der Waals surface area contributed by atoms with Gasteiger partial charge in [0.15, 0.2) is 0 Å². The van der Waals surface area contributed by atoms with Crippen LogP contribution in [0.15, 0.2) is 23.1 Å². The molecule has 0 bridgehead atoms. The van der Waals surface area contributed by atoms with E-state index in [2.05, 4.69) is 31.4 Å². The number of piperidine rings is 1. The Balaban J connectivity index is 1.64. The predicted molar refractivity (Wildman–Crippen MR) is 96.1 cm³/mol. The fourth-order valence-electron chi connectivity index (χ4n) is 2.92. The third kappa shape index (κ3) is 4.28. The molecule has 1 N–H and O–H groups in total. The Morgan fingerprint density at radius 3 is 2.64 bits per heavy atom. The van der Waals surface area contributed by atoms with Gasteiger partial charge in [0.2, 0.25) is 5.91 Å². The summed E-state index contributed by atoms with van der Waals surface area (Å²) in [5, 5.41) is 11.1. The zero-order valence-electron chi connectivity index (χ0n) is 14.1. The van der Waals surface area contributed by atoms with E-state index >= 15 is 0 Å². The molecule has 8 nitrogen and oxygen atoms in total. The smallest absolute Gasteiger partial charge is 0.274 e. The fraction of sp³-hybridized carbons (Fsp3) is 0.500. The molecular formula is C16H21BrN6O2. The van der Waals surface area contributed by atoms with Crippen LogP contribution in [-0.4, -0.2) is 49.4 Å². The Hall–Kier alpha value is -2.16. The lowest BCUT2D eigenvalue weighted by molar-refractivity contribution is -0.116. The van der Waals surface area contributed by atoms with Crippen LogP contribution in [0.25, 0.3) is 0 Å². The van der Waals surface area contributed by atoms with E-state index in [-0.39, 0.29) is 18.2 Å². The van der Waals surface area contributed by atoms with E-state index in [0.717, 1.165) is 36.8 Å². The second kappa shape index (κ2) is 7.81. The number of hydrogen-bond acceptors (Lipinski definition) is 4. The molecule has 1 saturated heterocycles. The van der Waals surface area contributed by atoms with E-state index < -0.39 is 0 Å². The van der Waals surface area contributed by atoms with Gasteiger partial charge in [-0.25, -0.2) is 0 Å². The molecule has 2 aromatic heterocycles. The maximum absolute atomic E-state index is 12.8. The van der Waals surface area contributed by atoms with Crippen LogP contribution < -0.4 is 5.32 Å². The highest BCUT2D eigenvalue weighted by Gasteiger charge is 2.25. The van der Waals surface area contributed by atoms with Gasteiger partial charge >= 0.3 is 0 Å². The third-order valence-corrected chi connectivity index (χ3v) is 4.64.